The number of nitrogens with zero attached hydrogens (tertiary/aromatic N) is 1. The maximum atomic E-state index is 13.1. The molecule has 2 unspecified atom stereocenters. The fourth-order valence-corrected chi connectivity index (χ4v) is 3.93. The summed E-state index contributed by atoms with van der Waals surface area (Å²) in [6.07, 6.45) is -0.949. The Labute approximate surface area is 302 Å². The minimum atomic E-state index is -0.945. The van der Waals surface area contributed by atoms with Gasteiger partial charge in [-0.15, -0.1) is 0 Å². The Morgan fingerprint density at radius 1 is 0.549 bits per heavy atom. The van der Waals surface area contributed by atoms with Gasteiger partial charge in [-0.1, -0.05) is 0 Å². The van der Waals surface area contributed by atoms with Crippen molar-refractivity contribution in [3.05, 3.63) is 0 Å². The minimum absolute atomic E-state index is 0.139. The van der Waals surface area contributed by atoms with Gasteiger partial charge in [-0.05, 0) is 122 Å². The predicted molar refractivity (Wildman–Crippen MR) is 190 cm³/mol. The fraction of sp³-hybridized carbons (Fsp3) is 0.794. The van der Waals surface area contributed by atoms with Crippen molar-refractivity contribution in [3.8, 4) is 0 Å². The van der Waals surface area contributed by atoms with E-state index in [4.69, 9.17) is 23.7 Å². The first kappa shape index (κ1) is 46.7. The number of guanidine groups is 1. The van der Waals surface area contributed by atoms with Crippen LogP contribution in [0.15, 0.2) is 4.99 Å². The number of methoxy groups -OCH3 is 1. The SMILES string of the molecule is COC(=O)C(CCCCNC(=O)C(CCCCN=C(NC(=O)OC(C)(C)C)NC(=O)OC(C)(C)C)NC(=O)OC(C)(C)C)NC(=O)OC(C)(C)C. The number of esters is 1. The van der Waals surface area contributed by atoms with Gasteiger partial charge in [-0.3, -0.25) is 20.4 Å². The van der Waals surface area contributed by atoms with Gasteiger partial charge in [0.05, 0.1) is 7.11 Å². The smallest absolute Gasteiger partial charge is 0.414 e. The van der Waals surface area contributed by atoms with Crippen LogP contribution in [0.25, 0.3) is 0 Å². The van der Waals surface area contributed by atoms with Gasteiger partial charge in [-0.2, -0.15) is 0 Å². The summed E-state index contributed by atoms with van der Waals surface area (Å²) in [6.45, 7) is 20.7. The molecular formula is C34H62N6O11. The number of rotatable bonds is 14. The van der Waals surface area contributed by atoms with E-state index in [1.54, 1.807) is 83.1 Å². The molecule has 0 aliphatic rings. The van der Waals surface area contributed by atoms with Crippen molar-refractivity contribution >= 4 is 42.2 Å². The van der Waals surface area contributed by atoms with Crippen LogP contribution in [0.4, 0.5) is 19.2 Å². The highest BCUT2D eigenvalue weighted by Crippen LogP contribution is 2.12. The molecule has 51 heavy (non-hydrogen) atoms. The molecule has 5 N–H and O–H groups in total. The molecule has 0 heterocycles. The molecule has 0 radical (unpaired) electrons. The predicted octanol–water partition coefficient (Wildman–Crippen LogP) is 4.81. The molecule has 17 heteroatoms. The standard InChI is InChI=1S/C34H62N6O11/c1-31(2,3)48-27(43)37-22(24(41)35-20-16-15-19-23(25(42)47-13)38-28(44)49-32(4,5)6)18-14-17-21-36-26(39-29(45)50-33(7,8)9)40-30(46)51-34(10,11)12/h22-23H,14-21H2,1-13H3,(H,35,41)(H,37,43)(H,38,44)(H2,36,39,40,45,46). The van der Waals surface area contributed by atoms with Crippen LogP contribution in [0.1, 0.15) is 122 Å². The summed E-state index contributed by atoms with van der Waals surface area (Å²) in [6, 6.07) is -1.87. The molecule has 0 saturated heterocycles. The van der Waals surface area contributed by atoms with Crippen molar-refractivity contribution in [1.82, 2.24) is 26.6 Å². The highest BCUT2D eigenvalue weighted by molar-refractivity contribution is 6.01. The van der Waals surface area contributed by atoms with E-state index >= 15 is 0 Å². The van der Waals surface area contributed by atoms with Crippen molar-refractivity contribution in [3.63, 3.8) is 0 Å². The quantitative estimate of drug-likeness (QED) is 0.0537. The fourth-order valence-electron chi connectivity index (χ4n) is 3.93. The van der Waals surface area contributed by atoms with Gasteiger partial charge < -0.3 is 39.6 Å². The molecule has 294 valence electrons. The number of carbonyl (C=O) groups excluding carboxylic acids is 6. The van der Waals surface area contributed by atoms with Crippen LogP contribution in [-0.2, 0) is 33.3 Å². The normalized spacial score (nSPS) is 13.0. The van der Waals surface area contributed by atoms with Crippen molar-refractivity contribution in [1.29, 1.82) is 0 Å². The molecule has 0 aromatic heterocycles. The second kappa shape index (κ2) is 21.1. The van der Waals surface area contributed by atoms with E-state index < -0.39 is 70.7 Å². The Morgan fingerprint density at radius 2 is 0.941 bits per heavy atom. The summed E-state index contributed by atoms with van der Waals surface area (Å²) in [5.74, 6) is -1.24. The number of carbonyl (C=O) groups is 6. The molecule has 2 atom stereocenters. The zero-order valence-electron chi connectivity index (χ0n) is 32.7. The molecule has 0 aliphatic carbocycles. The second-order valence-corrected chi connectivity index (χ2v) is 15.7. The van der Waals surface area contributed by atoms with Crippen LogP contribution in [0.5, 0.6) is 0 Å². The van der Waals surface area contributed by atoms with E-state index in [-0.39, 0.29) is 31.9 Å². The van der Waals surface area contributed by atoms with Crippen LogP contribution >= 0.6 is 0 Å². The monoisotopic (exact) mass is 730 g/mol. The van der Waals surface area contributed by atoms with E-state index in [1.165, 1.54) is 7.11 Å². The van der Waals surface area contributed by atoms with Crippen molar-refractivity contribution in [2.45, 2.75) is 156 Å². The van der Waals surface area contributed by atoms with E-state index in [1.807, 2.05) is 0 Å². The number of nitrogens with one attached hydrogen (secondary N) is 5. The molecule has 17 nitrogen and oxygen atoms in total. The van der Waals surface area contributed by atoms with E-state index in [9.17, 15) is 28.8 Å². The van der Waals surface area contributed by atoms with E-state index in [2.05, 4.69) is 31.6 Å². The molecule has 0 aliphatic heterocycles. The molecule has 0 bridgehead atoms. The molecule has 0 fully saturated rings. The Kier molecular flexibility index (Phi) is 19.4. The Morgan fingerprint density at radius 3 is 1.37 bits per heavy atom. The molecule has 0 rings (SSSR count). The van der Waals surface area contributed by atoms with Crippen molar-refractivity contribution in [2.24, 2.45) is 4.99 Å². The lowest BCUT2D eigenvalue weighted by molar-refractivity contribution is -0.143. The summed E-state index contributed by atoms with van der Waals surface area (Å²) in [7, 11) is 1.22. The van der Waals surface area contributed by atoms with Crippen molar-refractivity contribution < 1.29 is 52.5 Å². The number of hydrogen-bond donors (Lipinski definition) is 5. The largest absolute Gasteiger partial charge is 0.467 e. The average molecular weight is 731 g/mol. The minimum Gasteiger partial charge on any atom is -0.467 e. The molecular weight excluding hydrogens is 668 g/mol. The summed E-state index contributed by atoms with van der Waals surface area (Å²) in [5.41, 5.74) is -3.11. The maximum absolute atomic E-state index is 13.1. The third-order valence-electron chi connectivity index (χ3n) is 5.81. The number of hydrogen-bond acceptors (Lipinski definition) is 12. The first-order valence-corrected chi connectivity index (χ1v) is 17.1. The molecule has 0 spiro atoms. The molecule has 5 amide bonds. The van der Waals surface area contributed by atoms with Crippen LogP contribution < -0.4 is 26.6 Å². The van der Waals surface area contributed by atoms with Crippen LogP contribution in [0, 0.1) is 0 Å². The third-order valence-corrected chi connectivity index (χ3v) is 5.81. The molecule has 0 saturated carbocycles. The number of aliphatic imine (C=N–C) groups is 1. The van der Waals surface area contributed by atoms with Gasteiger partial charge >= 0.3 is 30.3 Å². The zero-order valence-corrected chi connectivity index (χ0v) is 32.7. The summed E-state index contributed by atoms with van der Waals surface area (Å²) in [4.78, 5) is 79.0. The third kappa shape index (κ3) is 26.2. The highest BCUT2D eigenvalue weighted by Gasteiger charge is 2.27. The highest BCUT2D eigenvalue weighted by atomic mass is 16.6. The average Bonchev–Trinajstić information content (AvgIpc) is 2.90. The van der Waals surface area contributed by atoms with Crippen LogP contribution in [-0.4, -0.2) is 96.9 Å². The summed E-state index contributed by atoms with van der Waals surface area (Å²) in [5, 5.41) is 12.7. The lowest BCUT2D eigenvalue weighted by Crippen LogP contribution is -2.48. The first-order valence-electron chi connectivity index (χ1n) is 17.1. The van der Waals surface area contributed by atoms with Gasteiger partial charge in [0.25, 0.3) is 0 Å². The molecule has 0 aromatic carbocycles. The Hall–Kier alpha value is -4.31. The van der Waals surface area contributed by atoms with Gasteiger partial charge in [0.2, 0.25) is 11.9 Å². The number of alkyl carbamates (subject to hydrolysis) is 4. The van der Waals surface area contributed by atoms with Crippen molar-refractivity contribution in [2.75, 3.05) is 20.2 Å². The molecule has 0 aromatic rings. The maximum Gasteiger partial charge on any atom is 0.414 e. The van der Waals surface area contributed by atoms with Gasteiger partial charge in [0.15, 0.2) is 0 Å². The Balaban J connectivity index is 5.37. The van der Waals surface area contributed by atoms with Gasteiger partial charge in [-0.25, -0.2) is 24.0 Å². The van der Waals surface area contributed by atoms with Gasteiger partial charge in [0, 0.05) is 13.1 Å². The zero-order chi connectivity index (χ0) is 39.6. The van der Waals surface area contributed by atoms with E-state index in [0.29, 0.717) is 25.7 Å². The second-order valence-electron chi connectivity index (χ2n) is 15.7. The summed E-state index contributed by atoms with van der Waals surface area (Å²) >= 11 is 0. The van der Waals surface area contributed by atoms with E-state index in [0.717, 1.165) is 0 Å². The lowest BCUT2D eigenvalue weighted by atomic mass is 10.1. The van der Waals surface area contributed by atoms with Crippen LogP contribution in [0.3, 0.4) is 0 Å². The summed E-state index contributed by atoms with van der Waals surface area (Å²) < 4.78 is 25.9. The number of amides is 5. The topological polar surface area (TPSA) is 221 Å². The number of unbranched alkanes of at least 4 members (excludes halogenated alkanes) is 2. The Bertz CT molecular complexity index is 1160. The van der Waals surface area contributed by atoms with Gasteiger partial charge in [0.1, 0.15) is 34.5 Å². The number of ether oxygens (including phenoxy) is 5. The lowest BCUT2D eigenvalue weighted by Gasteiger charge is -2.23. The first-order chi connectivity index (χ1) is 23.2. The van der Waals surface area contributed by atoms with Crippen LogP contribution in [0.2, 0.25) is 0 Å².